The molecule has 2 unspecified atom stereocenters. The number of aromatic amines is 1. The summed E-state index contributed by atoms with van der Waals surface area (Å²) in [6.45, 7) is 0. The molecule has 0 aromatic carbocycles. The molecule has 11 heavy (non-hydrogen) atoms. The zero-order valence-corrected chi connectivity index (χ0v) is 6.46. The summed E-state index contributed by atoms with van der Waals surface area (Å²) in [5, 5.41) is 9.54. The van der Waals surface area contributed by atoms with E-state index in [1.165, 1.54) is 5.69 Å². The summed E-state index contributed by atoms with van der Waals surface area (Å²) in [6.07, 6.45) is 5.05. The SMILES string of the molecule is OC1CCCC1c1ccc[nH]1. The Labute approximate surface area is 66.3 Å². The first kappa shape index (κ1) is 6.92. The van der Waals surface area contributed by atoms with E-state index < -0.39 is 0 Å². The van der Waals surface area contributed by atoms with Gasteiger partial charge in [-0.25, -0.2) is 0 Å². The summed E-state index contributed by atoms with van der Waals surface area (Å²) in [4.78, 5) is 3.15. The van der Waals surface area contributed by atoms with Gasteiger partial charge >= 0.3 is 0 Å². The van der Waals surface area contributed by atoms with Crippen molar-refractivity contribution in [2.75, 3.05) is 0 Å². The van der Waals surface area contributed by atoms with Gasteiger partial charge in [-0.05, 0) is 25.0 Å². The van der Waals surface area contributed by atoms with Gasteiger partial charge in [0.2, 0.25) is 0 Å². The molecule has 0 bridgehead atoms. The monoisotopic (exact) mass is 151 g/mol. The van der Waals surface area contributed by atoms with Crippen molar-refractivity contribution in [2.24, 2.45) is 0 Å². The van der Waals surface area contributed by atoms with Crippen molar-refractivity contribution in [3.05, 3.63) is 24.0 Å². The lowest BCUT2D eigenvalue weighted by Gasteiger charge is -2.11. The van der Waals surface area contributed by atoms with Crippen LogP contribution in [0.2, 0.25) is 0 Å². The first-order valence-electron chi connectivity index (χ1n) is 4.19. The van der Waals surface area contributed by atoms with Gasteiger partial charge in [0.15, 0.2) is 0 Å². The van der Waals surface area contributed by atoms with Crippen LogP contribution in [0.4, 0.5) is 0 Å². The molecule has 1 aliphatic carbocycles. The summed E-state index contributed by atoms with van der Waals surface area (Å²) >= 11 is 0. The Hall–Kier alpha value is -0.760. The third-order valence-corrected chi connectivity index (χ3v) is 2.50. The first-order valence-corrected chi connectivity index (χ1v) is 4.19. The lowest BCUT2D eigenvalue weighted by atomic mass is 10.0. The highest BCUT2D eigenvalue weighted by molar-refractivity contribution is 5.13. The van der Waals surface area contributed by atoms with E-state index in [1.807, 2.05) is 12.3 Å². The van der Waals surface area contributed by atoms with Crippen LogP contribution in [-0.2, 0) is 0 Å². The summed E-state index contributed by atoms with van der Waals surface area (Å²) in [7, 11) is 0. The summed E-state index contributed by atoms with van der Waals surface area (Å²) in [5.74, 6) is 0.366. The minimum absolute atomic E-state index is 0.117. The van der Waals surface area contributed by atoms with Gasteiger partial charge in [-0.15, -0.1) is 0 Å². The number of aliphatic hydroxyl groups is 1. The molecule has 1 saturated carbocycles. The second-order valence-electron chi connectivity index (χ2n) is 3.23. The molecule has 2 rings (SSSR count). The van der Waals surface area contributed by atoms with E-state index in [9.17, 15) is 5.11 Å². The second-order valence-corrected chi connectivity index (χ2v) is 3.23. The van der Waals surface area contributed by atoms with Gasteiger partial charge in [0.1, 0.15) is 0 Å². The van der Waals surface area contributed by atoms with Crippen LogP contribution in [0.1, 0.15) is 30.9 Å². The fraction of sp³-hybridized carbons (Fsp3) is 0.556. The molecule has 60 valence electrons. The van der Waals surface area contributed by atoms with Gasteiger partial charge < -0.3 is 10.1 Å². The first-order chi connectivity index (χ1) is 5.38. The molecular weight excluding hydrogens is 138 g/mol. The molecule has 2 nitrogen and oxygen atoms in total. The number of rotatable bonds is 1. The van der Waals surface area contributed by atoms with Crippen LogP contribution >= 0.6 is 0 Å². The van der Waals surface area contributed by atoms with Gasteiger partial charge in [-0.2, -0.15) is 0 Å². The molecule has 0 aliphatic heterocycles. The van der Waals surface area contributed by atoms with Crippen LogP contribution < -0.4 is 0 Å². The minimum Gasteiger partial charge on any atom is -0.392 e. The van der Waals surface area contributed by atoms with Gasteiger partial charge in [0.05, 0.1) is 6.10 Å². The Balaban J connectivity index is 2.16. The molecule has 2 N–H and O–H groups in total. The molecular formula is C9H13NO. The van der Waals surface area contributed by atoms with Crippen molar-refractivity contribution in [1.82, 2.24) is 4.98 Å². The molecule has 0 saturated heterocycles. The van der Waals surface area contributed by atoms with Crippen LogP contribution in [-0.4, -0.2) is 16.2 Å². The molecule has 1 heterocycles. The van der Waals surface area contributed by atoms with Crippen molar-refractivity contribution >= 4 is 0 Å². The van der Waals surface area contributed by atoms with E-state index in [4.69, 9.17) is 0 Å². The van der Waals surface area contributed by atoms with Crippen molar-refractivity contribution in [3.8, 4) is 0 Å². The van der Waals surface area contributed by atoms with E-state index in [0.29, 0.717) is 5.92 Å². The van der Waals surface area contributed by atoms with Gasteiger partial charge in [0.25, 0.3) is 0 Å². The third kappa shape index (κ3) is 1.18. The predicted molar refractivity (Wildman–Crippen MR) is 43.4 cm³/mol. The quantitative estimate of drug-likeness (QED) is 0.629. The second kappa shape index (κ2) is 2.70. The fourth-order valence-corrected chi connectivity index (χ4v) is 1.88. The molecule has 0 amide bonds. The van der Waals surface area contributed by atoms with Crippen LogP contribution in [0.5, 0.6) is 0 Å². The molecule has 2 heteroatoms. The average molecular weight is 151 g/mol. The highest BCUT2D eigenvalue weighted by Crippen LogP contribution is 2.33. The standard InChI is InChI=1S/C9H13NO/c11-9-5-1-3-7(9)8-4-2-6-10-8/h2,4,6-7,9-11H,1,3,5H2. The van der Waals surface area contributed by atoms with Crippen LogP contribution in [0.15, 0.2) is 18.3 Å². The maximum absolute atomic E-state index is 9.54. The fourth-order valence-electron chi connectivity index (χ4n) is 1.88. The van der Waals surface area contributed by atoms with E-state index in [1.54, 1.807) is 0 Å². The van der Waals surface area contributed by atoms with E-state index in [0.717, 1.165) is 19.3 Å². The van der Waals surface area contributed by atoms with Crippen molar-refractivity contribution in [3.63, 3.8) is 0 Å². The molecule has 1 aliphatic rings. The number of aromatic nitrogens is 1. The molecule has 1 aromatic heterocycles. The zero-order valence-electron chi connectivity index (χ0n) is 6.46. The highest BCUT2D eigenvalue weighted by atomic mass is 16.3. The van der Waals surface area contributed by atoms with E-state index >= 15 is 0 Å². The highest BCUT2D eigenvalue weighted by Gasteiger charge is 2.26. The number of H-pyrrole nitrogens is 1. The van der Waals surface area contributed by atoms with Crippen LogP contribution in [0.25, 0.3) is 0 Å². The van der Waals surface area contributed by atoms with Crippen molar-refractivity contribution in [2.45, 2.75) is 31.3 Å². The lowest BCUT2D eigenvalue weighted by molar-refractivity contribution is 0.162. The maximum atomic E-state index is 9.54. The largest absolute Gasteiger partial charge is 0.392 e. The Morgan fingerprint density at radius 3 is 2.91 bits per heavy atom. The normalized spacial score (nSPS) is 31.0. The number of nitrogens with one attached hydrogen (secondary N) is 1. The smallest absolute Gasteiger partial charge is 0.0623 e. The zero-order chi connectivity index (χ0) is 7.68. The molecule has 2 atom stereocenters. The maximum Gasteiger partial charge on any atom is 0.0623 e. The van der Waals surface area contributed by atoms with Gasteiger partial charge in [-0.1, -0.05) is 6.42 Å². The van der Waals surface area contributed by atoms with Crippen LogP contribution in [0, 0.1) is 0 Å². The van der Waals surface area contributed by atoms with E-state index in [2.05, 4.69) is 11.1 Å². The van der Waals surface area contributed by atoms with Gasteiger partial charge in [-0.3, -0.25) is 0 Å². The topological polar surface area (TPSA) is 36.0 Å². The molecule has 1 aromatic rings. The Bertz CT molecular complexity index is 217. The van der Waals surface area contributed by atoms with Crippen LogP contribution in [0.3, 0.4) is 0 Å². The van der Waals surface area contributed by atoms with Crippen molar-refractivity contribution in [1.29, 1.82) is 0 Å². The molecule has 0 radical (unpaired) electrons. The predicted octanol–water partition coefficient (Wildman–Crippen LogP) is 1.64. The lowest BCUT2D eigenvalue weighted by Crippen LogP contribution is -2.10. The minimum atomic E-state index is -0.117. The Morgan fingerprint density at radius 2 is 2.36 bits per heavy atom. The Kier molecular flexibility index (Phi) is 1.70. The number of aliphatic hydroxyl groups excluding tert-OH is 1. The Morgan fingerprint density at radius 1 is 1.45 bits per heavy atom. The summed E-state index contributed by atoms with van der Waals surface area (Å²) in [5.41, 5.74) is 1.19. The summed E-state index contributed by atoms with van der Waals surface area (Å²) in [6, 6.07) is 4.04. The third-order valence-electron chi connectivity index (χ3n) is 2.50. The number of hydrogen-bond donors (Lipinski definition) is 2. The summed E-state index contributed by atoms with van der Waals surface area (Å²) < 4.78 is 0. The number of hydrogen-bond acceptors (Lipinski definition) is 1. The molecule has 1 fully saturated rings. The van der Waals surface area contributed by atoms with Gasteiger partial charge in [0, 0.05) is 17.8 Å². The van der Waals surface area contributed by atoms with Crippen molar-refractivity contribution < 1.29 is 5.11 Å². The van der Waals surface area contributed by atoms with E-state index in [-0.39, 0.29) is 6.10 Å². The average Bonchev–Trinajstić information content (AvgIpc) is 2.55. The molecule has 0 spiro atoms.